The summed E-state index contributed by atoms with van der Waals surface area (Å²) in [5.74, 6) is 0.258. The summed E-state index contributed by atoms with van der Waals surface area (Å²) in [6.07, 6.45) is 0. The first-order valence-electron chi connectivity index (χ1n) is 6.69. The molecule has 0 heterocycles. The van der Waals surface area contributed by atoms with E-state index < -0.39 is 0 Å². The van der Waals surface area contributed by atoms with Gasteiger partial charge in [-0.25, -0.2) is 0 Å². The molecule has 0 saturated carbocycles. The highest BCUT2D eigenvalue weighted by atomic mass is 35.5. The van der Waals surface area contributed by atoms with Crippen molar-refractivity contribution in [2.75, 3.05) is 11.9 Å². The van der Waals surface area contributed by atoms with Crippen molar-refractivity contribution in [2.45, 2.75) is 6.92 Å². The summed E-state index contributed by atoms with van der Waals surface area (Å²) >= 11 is 16.9. The molecule has 0 spiro atoms. The molecule has 23 heavy (non-hydrogen) atoms. The number of hydrogen-bond acceptors (Lipinski definition) is 3. The van der Waals surface area contributed by atoms with E-state index in [1.54, 1.807) is 24.3 Å². The lowest BCUT2D eigenvalue weighted by Gasteiger charge is -2.11. The molecule has 7 heteroatoms. The summed E-state index contributed by atoms with van der Waals surface area (Å²) in [5.41, 5.74) is 1.61. The molecule has 0 aliphatic heterocycles. The summed E-state index contributed by atoms with van der Waals surface area (Å²) < 4.78 is 5.40. The van der Waals surface area contributed by atoms with Crippen LogP contribution in [0.25, 0.3) is 0 Å². The maximum absolute atomic E-state index is 11.8. The number of aryl methyl sites for hydroxylation is 1. The van der Waals surface area contributed by atoms with E-state index in [9.17, 15) is 4.79 Å². The van der Waals surface area contributed by atoms with E-state index in [0.717, 1.165) is 5.56 Å². The molecule has 0 fully saturated rings. The molecule has 0 unspecified atom stereocenters. The molecule has 0 aliphatic rings. The van der Waals surface area contributed by atoms with Crippen LogP contribution in [0.2, 0.25) is 10.0 Å². The van der Waals surface area contributed by atoms with Crippen LogP contribution in [0.5, 0.6) is 5.75 Å². The maximum atomic E-state index is 11.8. The number of carbonyl (C=O) groups is 1. The number of nitrogens with one attached hydrogen (secondary N) is 2. The summed E-state index contributed by atoms with van der Waals surface area (Å²) in [6.45, 7) is 1.81. The number of amides is 1. The van der Waals surface area contributed by atoms with Gasteiger partial charge in [0.05, 0.1) is 10.7 Å². The lowest BCUT2D eigenvalue weighted by Crippen LogP contribution is -2.37. The second kappa shape index (κ2) is 8.15. The van der Waals surface area contributed by atoms with Gasteiger partial charge in [-0.05, 0) is 55.0 Å². The fraction of sp³-hybridized carbons (Fsp3) is 0.125. The Morgan fingerprint density at radius 1 is 1.22 bits per heavy atom. The van der Waals surface area contributed by atoms with Crippen molar-refractivity contribution in [3.05, 3.63) is 58.1 Å². The summed E-state index contributed by atoms with van der Waals surface area (Å²) in [4.78, 5) is 11.8. The number of hydrogen-bond donors (Lipinski definition) is 2. The standard InChI is InChI=1S/C16H14Cl2N2O2S/c1-10-3-2-4-12(7-10)22-9-15(21)20-16(23)19-14-6-5-11(17)8-13(14)18/h2-8H,9H2,1H3,(H2,19,20,21,23). The predicted molar refractivity (Wildman–Crippen MR) is 97.5 cm³/mol. The zero-order chi connectivity index (χ0) is 16.8. The van der Waals surface area contributed by atoms with Gasteiger partial charge in [-0.3, -0.25) is 10.1 Å². The zero-order valence-corrected chi connectivity index (χ0v) is 14.6. The van der Waals surface area contributed by atoms with Gasteiger partial charge in [-0.2, -0.15) is 0 Å². The van der Waals surface area contributed by atoms with Crippen LogP contribution >= 0.6 is 35.4 Å². The van der Waals surface area contributed by atoms with Gasteiger partial charge in [-0.15, -0.1) is 0 Å². The highest BCUT2D eigenvalue weighted by Gasteiger charge is 2.08. The molecule has 0 aliphatic carbocycles. The van der Waals surface area contributed by atoms with E-state index in [4.69, 9.17) is 40.2 Å². The van der Waals surface area contributed by atoms with Crippen LogP contribution < -0.4 is 15.4 Å². The molecular formula is C16H14Cl2N2O2S. The quantitative estimate of drug-likeness (QED) is 0.794. The van der Waals surface area contributed by atoms with Gasteiger partial charge in [0.2, 0.25) is 0 Å². The van der Waals surface area contributed by atoms with Crippen LogP contribution in [0.4, 0.5) is 5.69 Å². The molecule has 120 valence electrons. The van der Waals surface area contributed by atoms with Gasteiger partial charge < -0.3 is 10.1 Å². The molecule has 0 bridgehead atoms. The number of anilines is 1. The molecule has 2 rings (SSSR count). The van der Waals surface area contributed by atoms with Crippen molar-refractivity contribution < 1.29 is 9.53 Å². The molecule has 2 aromatic carbocycles. The fourth-order valence-electron chi connectivity index (χ4n) is 1.76. The van der Waals surface area contributed by atoms with Crippen LogP contribution in [0.15, 0.2) is 42.5 Å². The number of thiocarbonyl (C=S) groups is 1. The minimum absolute atomic E-state index is 0.132. The SMILES string of the molecule is Cc1cccc(OCC(=O)NC(=S)Nc2ccc(Cl)cc2Cl)c1. The minimum atomic E-state index is -0.367. The predicted octanol–water partition coefficient (Wildman–Crippen LogP) is 4.19. The van der Waals surface area contributed by atoms with E-state index in [0.29, 0.717) is 21.5 Å². The number of halogens is 2. The topological polar surface area (TPSA) is 50.4 Å². The Bertz CT molecular complexity index is 738. The Hall–Kier alpha value is -1.82. The van der Waals surface area contributed by atoms with E-state index in [-0.39, 0.29) is 17.6 Å². The van der Waals surface area contributed by atoms with Gasteiger partial charge in [0.15, 0.2) is 11.7 Å². The molecule has 4 nitrogen and oxygen atoms in total. The molecule has 0 radical (unpaired) electrons. The monoisotopic (exact) mass is 368 g/mol. The van der Waals surface area contributed by atoms with Crippen LogP contribution in [0, 0.1) is 6.92 Å². The van der Waals surface area contributed by atoms with Crippen LogP contribution in [-0.4, -0.2) is 17.6 Å². The maximum Gasteiger partial charge on any atom is 0.264 e. The lowest BCUT2D eigenvalue weighted by molar-refractivity contribution is -0.121. The number of ether oxygens (including phenoxy) is 1. The average Bonchev–Trinajstić information content (AvgIpc) is 2.48. The number of carbonyl (C=O) groups excluding carboxylic acids is 1. The third-order valence-electron chi connectivity index (χ3n) is 2.79. The second-order valence-corrected chi connectivity index (χ2v) is 5.98. The molecule has 0 aromatic heterocycles. The van der Waals surface area contributed by atoms with Gasteiger partial charge >= 0.3 is 0 Å². The van der Waals surface area contributed by atoms with Crippen LogP contribution in [0.1, 0.15) is 5.56 Å². The normalized spacial score (nSPS) is 10.0. The van der Waals surface area contributed by atoms with Crippen molar-refractivity contribution in [3.63, 3.8) is 0 Å². The van der Waals surface area contributed by atoms with Crippen LogP contribution in [-0.2, 0) is 4.79 Å². The molecule has 1 amide bonds. The molecule has 2 N–H and O–H groups in total. The van der Waals surface area contributed by atoms with E-state index in [1.807, 2.05) is 25.1 Å². The lowest BCUT2D eigenvalue weighted by atomic mass is 10.2. The first-order valence-corrected chi connectivity index (χ1v) is 7.86. The first kappa shape index (κ1) is 17.5. The molecule has 0 atom stereocenters. The summed E-state index contributed by atoms with van der Waals surface area (Å²) in [7, 11) is 0. The molecular weight excluding hydrogens is 355 g/mol. The highest BCUT2D eigenvalue weighted by Crippen LogP contribution is 2.25. The van der Waals surface area contributed by atoms with Gasteiger partial charge in [-0.1, -0.05) is 35.3 Å². The van der Waals surface area contributed by atoms with E-state index in [1.165, 1.54) is 0 Å². The second-order valence-electron chi connectivity index (χ2n) is 4.73. The van der Waals surface area contributed by atoms with Crippen molar-refractivity contribution >= 4 is 52.1 Å². The van der Waals surface area contributed by atoms with Gasteiger partial charge in [0.25, 0.3) is 5.91 Å². The highest BCUT2D eigenvalue weighted by molar-refractivity contribution is 7.80. The average molecular weight is 369 g/mol. The first-order chi connectivity index (χ1) is 10.9. The van der Waals surface area contributed by atoms with Crippen LogP contribution in [0.3, 0.4) is 0 Å². The summed E-state index contributed by atoms with van der Waals surface area (Å²) in [6, 6.07) is 12.4. The molecule has 0 saturated heterocycles. The third kappa shape index (κ3) is 5.71. The van der Waals surface area contributed by atoms with Crippen molar-refractivity contribution in [2.24, 2.45) is 0 Å². The smallest absolute Gasteiger partial charge is 0.264 e. The Morgan fingerprint density at radius 2 is 2.00 bits per heavy atom. The summed E-state index contributed by atoms with van der Waals surface area (Å²) in [5, 5.41) is 6.40. The van der Waals surface area contributed by atoms with Crippen molar-refractivity contribution in [3.8, 4) is 5.75 Å². The fourth-order valence-corrected chi connectivity index (χ4v) is 2.44. The Kier molecular flexibility index (Phi) is 6.21. The Balaban J connectivity index is 1.84. The number of benzene rings is 2. The third-order valence-corrected chi connectivity index (χ3v) is 3.54. The van der Waals surface area contributed by atoms with Crippen molar-refractivity contribution in [1.82, 2.24) is 5.32 Å². The van der Waals surface area contributed by atoms with E-state index in [2.05, 4.69) is 10.6 Å². The Labute approximate surface area is 149 Å². The van der Waals surface area contributed by atoms with Crippen molar-refractivity contribution in [1.29, 1.82) is 0 Å². The van der Waals surface area contributed by atoms with E-state index >= 15 is 0 Å². The minimum Gasteiger partial charge on any atom is -0.484 e. The zero-order valence-electron chi connectivity index (χ0n) is 12.2. The largest absolute Gasteiger partial charge is 0.484 e. The van der Waals surface area contributed by atoms with Gasteiger partial charge in [0.1, 0.15) is 5.75 Å². The number of rotatable bonds is 4. The Morgan fingerprint density at radius 3 is 2.70 bits per heavy atom. The molecule has 2 aromatic rings. The van der Waals surface area contributed by atoms with Gasteiger partial charge in [0, 0.05) is 5.02 Å².